The average molecular weight is 493 g/mol. The van der Waals surface area contributed by atoms with Gasteiger partial charge in [0.15, 0.2) is 0 Å². The molecule has 1 amide bonds. The van der Waals surface area contributed by atoms with Crippen LogP contribution in [0, 0.1) is 6.92 Å². The Labute approximate surface area is 196 Å². The Morgan fingerprint density at radius 1 is 1.00 bits per heavy atom. The lowest BCUT2D eigenvalue weighted by Gasteiger charge is -2.18. The molecule has 0 fully saturated rings. The zero-order chi connectivity index (χ0) is 23.3. The van der Waals surface area contributed by atoms with Crippen molar-refractivity contribution >= 4 is 34.0 Å². The molecular formula is C26H25BrN2O3. The molecule has 0 aliphatic rings. The Balaban J connectivity index is 1.73. The first-order valence-electron chi connectivity index (χ1n) is 10.2. The largest absolute Gasteiger partial charge is 0.422 e. The highest BCUT2D eigenvalue weighted by atomic mass is 79.9. The topological polar surface area (TPSA) is 67.8 Å². The van der Waals surface area contributed by atoms with Gasteiger partial charge in [0, 0.05) is 15.6 Å². The Morgan fingerprint density at radius 3 is 2.34 bits per heavy atom. The van der Waals surface area contributed by atoms with Crippen molar-refractivity contribution in [3.63, 3.8) is 0 Å². The minimum Gasteiger partial charge on any atom is -0.422 e. The normalized spacial score (nSPS) is 11.4. The van der Waals surface area contributed by atoms with Gasteiger partial charge in [0.1, 0.15) is 5.75 Å². The molecule has 0 heterocycles. The number of amides is 1. The lowest BCUT2D eigenvalue weighted by molar-refractivity contribution is 0.0733. The molecule has 3 rings (SSSR count). The Bertz CT molecular complexity index is 1160. The number of benzene rings is 3. The number of ether oxygens (including phenoxy) is 1. The van der Waals surface area contributed by atoms with Crippen LogP contribution in [0.15, 0.2) is 76.3 Å². The highest BCUT2D eigenvalue weighted by molar-refractivity contribution is 9.10. The maximum atomic E-state index is 12.6. The van der Waals surface area contributed by atoms with Crippen LogP contribution in [0.5, 0.6) is 5.75 Å². The third-order valence-corrected chi connectivity index (χ3v) is 5.42. The standard InChI is InChI=1S/C26H25BrN2O3/c1-17-7-5-6-8-22(17)25(31)32-23-14-13-21(27)15-19(23)16-28-29-24(30)18-9-11-20(12-10-18)26(2,3)4/h5-16H,1-4H3,(H,29,30)/b28-16+. The Hall–Kier alpha value is -3.25. The number of esters is 1. The van der Waals surface area contributed by atoms with E-state index in [1.807, 2.05) is 31.2 Å². The molecule has 0 aliphatic heterocycles. The van der Waals surface area contributed by atoms with Crippen molar-refractivity contribution in [3.8, 4) is 5.75 Å². The van der Waals surface area contributed by atoms with Gasteiger partial charge >= 0.3 is 5.97 Å². The van der Waals surface area contributed by atoms with Crippen LogP contribution in [0.3, 0.4) is 0 Å². The quantitative estimate of drug-likeness (QED) is 0.204. The molecule has 0 saturated carbocycles. The number of halogens is 1. The van der Waals surface area contributed by atoms with Crippen molar-refractivity contribution in [1.29, 1.82) is 0 Å². The number of nitrogens with zero attached hydrogens (tertiary/aromatic N) is 1. The molecule has 0 aromatic heterocycles. The molecule has 32 heavy (non-hydrogen) atoms. The molecule has 3 aromatic rings. The van der Waals surface area contributed by atoms with Gasteiger partial charge in [0.2, 0.25) is 0 Å². The molecule has 5 nitrogen and oxygen atoms in total. The first kappa shape index (κ1) is 23.4. The molecule has 164 valence electrons. The zero-order valence-corrected chi connectivity index (χ0v) is 20.1. The summed E-state index contributed by atoms with van der Waals surface area (Å²) < 4.78 is 6.38. The van der Waals surface area contributed by atoms with Crippen LogP contribution in [0.1, 0.15) is 58.2 Å². The van der Waals surface area contributed by atoms with E-state index in [1.165, 1.54) is 6.21 Å². The second kappa shape index (κ2) is 9.92. The van der Waals surface area contributed by atoms with Crippen LogP contribution in [0.4, 0.5) is 0 Å². The van der Waals surface area contributed by atoms with Crippen LogP contribution in [0.25, 0.3) is 0 Å². The summed E-state index contributed by atoms with van der Waals surface area (Å²) in [4.78, 5) is 25.0. The summed E-state index contributed by atoms with van der Waals surface area (Å²) in [7, 11) is 0. The van der Waals surface area contributed by atoms with E-state index < -0.39 is 5.97 Å². The summed E-state index contributed by atoms with van der Waals surface area (Å²) in [5, 5.41) is 4.05. The van der Waals surface area contributed by atoms with E-state index in [2.05, 4.69) is 47.2 Å². The summed E-state index contributed by atoms with van der Waals surface area (Å²) in [6.45, 7) is 8.21. The number of hydrogen-bond acceptors (Lipinski definition) is 4. The molecule has 3 aromatic carbocycles. The molecule has 0 spiro atoms. The lowest BCUT2D eigenvalue weighted by atomic mass is 9.87. The van der Waals surface area contributed by atoms with Gasteiger partial charge in [-0.25, -0.2) is 10.2 Å². The van der Waals surface area contributed by atoms with Crippen molar-refractivity contribution in [2.75, 3.05) is 0 Å². The second-order valence-corrected chi connectivity index (χ2v) is 9.33. The van der Waals surface area contributed by atoms with Gasteiger partial charge in [-0.2, -0.15) is 5.10 Å². The molecule has 0 radical (unpaired) electrons. The van der Waals surface area contributed by atoms with Gasteiger partial charge in [-0.05, 0) is 59.9 Å². The highest BCUT2D eigenvalue weighted by Gasteiger charge is 2.15. The fourth-order valence-corrected chi connectivity index (χ4v) is 3.40. The predicted octanol–water partition coefficient (Wildman–Crippen LogP) is 6.04. The SMILES string of the molecule is Cc1ccccc1C(=O)Oc1ccc(Br)cc1/C=N/NC(=O)c1ccc(C(C)(C)C)cc1. The minimum absolute atomic E-state index is 0.0139. The maximum absolute atomic E-state index is 12.6. The zero-order valence-electron chi connectivity index (χ0n) is 18.5. The summed E-state index contributed by atoms with van der Waals surface area (Å²) in [5.41, 5.74) is 6.06. The monoisotopic (exact) mass is 492 g/mol. The van der Waals surface area contributed by atoms with Crippen molar-refractivity contribution in [2.24, 2.45) is 5.10 Å². The van der Waals surface area contributed by atoms with E-state index in [4.69, 9.17) is 4.74 Å². The molecule has 0 saturated heterocycles. The van der Waals surface area contributed by atoms with Gasteiger partial charge in [0.25, 0.3) is 5.91 Å². The van der Waals surface area contributed by atoms with E-state index in [0.29, 0.717) is 22.4 Å². The van der Waals surface area contributed by atoms with Crippen LogP contribution < -0.4 is 10.2 Å². The first-order chi connectivity index (χ1) is 15.1. The number of hydrogen-bond donors (Lipinski definition) is 1. The van der Waals surface area contributed by atoms with E-state index in [9.17, 15) is 9.59 Å². The summed E-state index contributed by atoms with van der Waals surface area (Å²) in [6.07, 6.45) is 1.45. The van der Waals surface area contributed by atoms with Gasteiger partial charge < -0.3 is 4.74 Å². The molecule has 0 bridgehead atoms. The number of nitrogens with one attached hydrogen (secondary N) is 1. The summed E-state index contributed by atoms with van der Waals surface area (Å²) in [6, 6.07) is 19.9. The fraction of sp³-hybridized carbons (Fsp3) is 0.192. The molecular weight excluding hydrogens is 468 g/mol. The van der Waals surface area contributed by atoms with E-state index in [1.54, 1.807) is 42.5 Å². The lowest BCUT2D eigenvalue weighted by Crippen LogP contribution is -2.18. The third-order valence-electron chi connectivity index (χ3n) is 4.92. The highest BCUT2D eigenvalue weighted by Crippen LogP contribution is 2.24. The fourth-order valence-electron chi connectivity index (χ4n) is 3.02. The van der Waals surface area contributed by atoms with E-state index in [-0.39, 0.29) is 11.3 Å². The van der Waals surface area contributed by atoms with Crippen molar-refractivity contribution < 1.29 is 14.3 Å². The van der Waals surface area contributed by atoms with E-state index >= 15 is 0 Å². The van der Waals surface area contributed by atoms with E-state index in [0.717, 1.165) is 15.6 Å². The minimum atomic E-state index is -0.456. The molecule has 0 atom stereocenters. The Kier molecular flexibility index (Phi) is 7.26. The number of hydrazone groups is 1. The summed E-state index contributed by atoms with van der Waals surface area (Å²) in [5.74, 6) is -0.438. The number of aryl methyl sites for hydroxylation is 1. The van der Waals surface area contributed by atoms with Crippen LogP contribution in [0.2, 0.25) is 0 Å². The molecule has 6 heteroatoms. The Morgan fingerprint density at radius 2 is 1.69 bits per heavy atom. The maximum Gasteiger partial charge on any atom is 0.343 e. The van der Waals surface area contributed by atoms with Gasteiger partial charge in [-0.3, -0.25) is 4.79 Å². The van der Waals surface area contributed by atoms with Gasteiger partial charge in [0.05, 0.1) is 11.8 Å². The average Bonchev–Trinajstić information content (AvgIpc) is 2.75. The van der Waals surface area contributed by atoms with Crippen molar-refractivity contribution in [1.82, 2.24) is 5.43 Å². The van der Waals surface area contributed by atoms with Gasteiger partial charge in [-0.15, -0.1) is 0 Å². The van der Waals surface area contributed by atoms with Crippen LogP contribution >= 0.6 is 15.9 Å². The van der Waals surface area contributed by atoms with Gasteiger partial charge in [-0.1, -0.05) is 67.0 Å². The number of carbonyl (C=O) groups excluding carboxylic acids is 2. The molecule has 0 unspecified atom stereocenters. The van der Waals surface area contributed by atoms with Crippen LogP contribution in [-0.4, -0.2) is 18.1 Å². The first-order valence-corrected chi connectivity index (χ1v) is 11.0. The van der Waals surface area contributed by atoms with Crippen molar-refractivity contribution in [3.05, 3.63) is 99.0 Å². The second-order valence-electron chi connectivity index (χ2n) is 8.41. The predicted molar refractivity (Wildman–Crippen MR) is 130 cm³/mol. The van der Waals surface area contributed by atoms with Crippen molar-refractivity contribution in [2.45, 2.75) is 33.1 Å². The number of carbonyl (C=O) groups is 2. The number of rotatable bonds is 5. The molecule has 0 aliphatic carbocycles. The smallest absolute Gasteiger partial charge is 0.343 e. The third kappa shape index (κ3) is 5.92. The summed E-state index contributed by atoms with van der Waals surface area (Å²) >= 11 is 3.41. The van der Waals surface area contributed by atoms with Crippen LogP contribution in [-0.2, 0) is 5.41 Å². The molecule has 1 N–H and O–H groups in total.